The van der Waals surface area contributed by atoms with Crippen LogP contribution < -0.4 is 0 Å². The van der Waals surface area contributed by atoms with Gasteiger partial charge in [-0.05, 0) is 37.7 Å². The van der Waals surface area contributed by atoms with Crippen LogP contribution in [-0.2, 0) is 14.0 Å². The second-order valence-electron chi connectivity index (χ2n) is 5.76. The molecule has 1 aromatic carbocycles. The van der Waals surface area contributed by atoms with Gasteiger partial charge in [-0.15, -0.1) is 0 Å². The first-order valence-corrected chi connectivity index (χ1v) is 10.5. The zero-order valence-electron chi connectivity index (χ0n) is 13.2. The van der Waals surface area contributed by atoms with Gasteiger partial charge in [0.15, 0.2) is 8.32 Å². The lowest BCUT2D eigenvalue weighted by molar-refractivity contribution is -0.135. The summed E-state index contributed by atoms with van der Waals surface area (Å²) in [4.78, 5) is 10.7. The fourth-order valence-electron chi connectivity index (χ4n) is 1.74. The number of esters is 1. The van der Waals surface area contributed by atoms with E-state index in [-0.39, 0.29) is 12.1 Å². The normalized spacial score (nSPS) is 13.7. The molecule has 3 nitrogen and oxygen atoms in total. The summed E-state index contributed by atoms with van der Waals surface area (Å²) in [6.07, 6.45) is 8.04. The van der Waals surface area contributed by atoms with E-state index in [4.69, 9.17) is 9.16 Å². The Morgan fingerprint density at radius 1 is 1.24 bits per heavy atom. The third kappa shape index (κ3) is 8.99. The van der Waals surface area contributed by atoms with E-state index in [0.717, 1.165) is 5.56 Å². The molecule has 114 valence electrons. The Kier molecular flexibility index (Phi) is 7.12. The highest BCUT2D eigenvalue weighted by atomic mass is 28.4. The second kappa shape index (κ2) is 8.59. The van der Waals surface area contributed by atoms with Gasteiger partial charge >= 0.3 is 5.97 Å². The van der Waals surface area contributed by atoms with Crippen molar-refractivity contribution >= 4 is 20.4 Å². The molecule has 0 spiro atoms. The lowest BCUT2D eigenvalue weighted by Gasteiger charge is -2.23. The first kappa shape index (κ1) is 17.4. The number of carbonyl (C=O) groups excluding carboxylic acids is 1. The number of ether oxygens (including phenoxy) is 1. The second-order valence-corrected chi connectivity index (χ2v) is 10.2. The van der Waals surface area contributed by atoms with E-state index in [9.17, 15) is 4.79 Å². The molecule has 0 heterocycles. The van der Waals surface area contributed by atoms with Gasteiger partial charge in [0.05, 0.1) is 12.4 Å². The first-order chi connectivity index (χ1) is 9.87. The van der Waals surface area contributed by atoms with Crippen LogP contribution in [-0.4, -0.2) is 20.4 Å². The van der Waals surface area contributed by atoms with E-state index < -0.39 is 8.32 Å². The Labute approximate surface area is 128 Å². The topological polar surface area (TPSA) is 35.5 Å². The van der Waals surface area contributed by atoms with Crippen LogP contribution in [0.4, 0.5) is 0 Å². The van der Waals surface area contributed by atoms with Gasteiger partial charge in [-0.25, -0.2) is 0 Å². The molecule has 1 unspecified atom stereocenters. The minimum Gasteiger partial charge on any atom is -0.435 e. The highest BCUT2D eigenvalue weighted by molar-refractivity contribution is 6.69. The van der Waals surface area contributed by atoms with E-state index in [0.29, 0.717) is 6.42 Å². The van der Waals surface area contributed by atoms with Crippen molar-refractivity contribution in [1.82, 2.24) is 0 Å². The van der Waals surface area contributed by atoms with Gasteiger partial charge in [0.2, 0.25) is 0 Å². The molecule has 0 saturated heterocycles. The Balaban J connectivity index is 2.66. The molecule has 0 aromatic heterocycles. The van der Waals surface area contributed by atoms with Crippen molar-refractivity contribution in [2.24, 2.45) is 0 Å². The average Bonchev–Trinajstić information content (AvgIpc) is 2.40. The molecule has 0 bridgehead atoms. The molecule has 0 aliphatic carbocycles. The third-order valence-corrected chi connectivity index (χ3v) is 3.52. The summed E-state index contributed by atoms with van der Waals surface area (Å²) >= 11 is 0. The average molecular weight is 304 g/mol. The van der Waals surface area contributed by atoms with E-state index in [1.165, 1.54) is 13.2 Å². The molecule has 0 saturated carbocycles. The van der Waals surface area contributed by atoms with Crippen LogP contribution >= 0.6 is 0 Å². The zero-order valence-corrected chi connectivity index (χ0v) is 14.2. The molecule has 1 rings (SSSR count). The van der Waals surface area contributed by atoms with E-state index in [1.54, 1.807) is 0 Å². The fourth-order valence-corrected chi connectivity index (χ4v) is 2.82. The van der Waals surface area contributed by atoms with Gasteiger partial charge in [0, 0.05) is 6.92 Å². The maximum absolute atomic E-state index is 10.7. The van der Waals surface area contributed by atoms with Crippen molar-refractivity contribution in [2.75, 3.05) is 0 Å². The zero-order chi connectivity index (χ0) is 15.7. The number of hydrogen-bond donors (Lipinski definition) is 0. The maximum Gasteiger partial charge on any atom is 0.307 e. The van der Waals surface area contributed by atoms with Gasteiger partial charge in [-0.1, -0.05) is 42.5 Å². The third-order valence-electron chi connectivity index (χ3n) is 2.51. The summed E-state index contributed by atoms with van der Waals surface area (Å²) in [6, 6.07) is 10.1. The molecule has 0 radical (unpaired) electrons. The molecule has 4 heteroatoms. The molecular weight excluding hydrogens is 280 g/mol. The molecular formula is C17H24O3Si. The molecule has 0 aliphatic rings. The van der Waals surface area contributed by atoms with E-state index in [1.807, 2.05) is 24.3 Å². The molecule has 0 fully saturated rings. The molecule has 0 N–H and O–H groups in total. The van der Waals surface area contributed by atoms with Crippen molar-refractivity contribution in [2.45, 2.75) is 39.1 Å². The smallest absolute Gasteiger partial charge is 0.307 e. The Morgan fingerprint density at radius 3 is 2.48 bits per heavy atom. The largest absolute Gasteiger partial charge is 0.435 e. The lowest BCUT2D eigenvalue weighted by atomic mass is 10.1. The van der Waals surface area contributed by atoms with Gasteiger partial charge in [0.1, 0.15) is 0 Å². The standard InChI is InChI=1S/C17H24O3Si/c1-15(18)19-14-8-11-17(20-21(2,3)4)13-12-16-9-6-5-7-10-16/h5-10,12-14,17H,11H2,1-4H3/b13-12+,14-8-. The molecule has 1 aromatic rings. The summed E-state index contributed by atoms with van der Waals surface area (Å²) in [6.45, 7) is 7.86. The van der Waals surface area contributed by atoms with Crippen LogP contribution in [0.15, 0.2) is 48.7 Å². The van der Waals surface area contributed by atoms with Crippen LogP contribution in [0.1, 0.15) is 18.9 Å². The minimum atomic E-state index is -1.63. The van der Waals surface area contributed by atoms with Crippen LogP contribution in [0.25, 0.3) is 6.08 Å². The highest BCUT2D eigenvalue weighted by Gasteiger charge is 2.18. The van der Waals surface area contributed by atoms with Gasteiger partial charge in [-0.3, -0.25) is 4.79 Å². The van der Waals surface area contributed by atoms with E-state index >= 15 is 0 Å². The summed E-state index contributed by atoms with van der Waals surface area (Å²) in [5, 5.41) is 0. The van der Waals surface area contributed by atoms with Crippen molar-refractivity contribution in [3.63, 3.8) is 0 Å². The predicted molar refractivity (Wildman–Crippen MR) is 89.2 cm³/mol. The Bertz CT molecular complexity index is 487. The Hall–Kier alpha value is -1.65. The van der Waals surface area contributed by atoms with Gasteiger partial charge < -0.3 is 9.16 Å². The molecule has 0 amide bonds. The van der Waals surface area contributed by atoms with Crippen molar-refractivity contribution < 1.29 is 14.0 Å². The SMILES string of the molecule is CC(=O)O/C=C\CC(/C=C/c1ccccc1)O[Si](C)(C)C. The maximum atomic E-state index is 10.7. The number of benzene rings is 1. The number of rotatable bonds is 7. The number of carbonyl (C=O) groups is 1. The minimum absolute atomic E-state index is 0.0105. The quantitative estimate of drug-likeness (QED) is 0.426. The van der Waals surface area contributed by atoms with Crippen molar-refractivity contribution in [3.8, 4) is 0 Å². The highest BCUT2D eigenvalue weighted by Crippen LogP contribution is 2.14. The summed E-state index contributed by atoms with van der Waals surface area (Å²) in [7, 11) is -1.63. The Morgan fingerprint density at radius 2 is 1.90 bits per heavy atom. The van der Waals surface area contributed by atoms with Crippen molar-refractivity contribution in [3.05, 3.63) is 54.3 Å². The van der Waals surface area contributed by atoms with Crippen LogP contribution in [0.5, 0.6) is 0 Å². The molecule has 0 aliphatic heterocycles. The molecule has 1 atom stereocenters. The monoisotopic (exact) mass is 304 g/mol. The summed E-state index contributed by atoms with van der Waals surface area (Å²) in [5.74, 6) is -0.311. The summed E-state index contributed by atoms with van der Waals surface area (Å²) in [5.41, 5.74) is 1.14. The first-order valence-electron chi connectivity index (χ1n) is 7.10. The van der Waals surface area contributed by atoms with Crippen molar-refractivity contribution in [1.29, 1.82) is 0 Å². The van der Waals surface area contributed by atoms with Crippen LogP contribution in [0.3, 0.4) is 0 Å². The van der Waals surface area contributed by atoms with Crippen LogP contribution in [0.2, 0.25) is 19.6 Å². The predicted octanol–water partition coefficient (Wildman–Crippen LogP) is 4.39. The van der Waals surface area contributed by atoms with Gasteiger partial charge in [0.25, 0.3) is 0 Å². The molecule has 21 heavy (non-hydrogen) atoms. The lowest BCUT2D eigenvalue weighted by Crippen LogP contribution is -2.30. The van der Waals surface area contributed by atoms with Crippen LogP contribution in [0, 0.1) is 0 Å². The number of hydrogen-bond acceptors (Lipinski definition) is 3. The fraction of sp³-hybridized carbons (Fsp3) is 0.353. The van der Waals surface area contributed by atoms with E-state index in [2.05, 4.69) is 43.9 Å². The van der Waals surface area contributed by atoms with Gasteiger partial charge in [-0.2, -0.15) is 0 Å². The summed E-state index contributed by atoms with van der Waals surface area (Å²) < 4.78 is 10.9.